The van der Waals surface area contributed by atoms with Gasteiger partial charge in [0.05, 0.1) is 6.10 Å². The van der Waals surface area contributed by atoms with Gasteiger partial charge in [-0.3, -0.25) is 4.79 Å². The van der Waals surface area contributed by atoms with Crippen LogP contribution in [0.1, 0.15) is 96.8 Å². The summed E-state index contributed by atoms with van der Waals surface area (Å²) >= 11 is 0. The summed E-state index contributed by atoms with van der Waals surface area (Å²) in [6.45, 7) is 2.22. The molecule has 0 amide bonds. The van der Waals surface area contributed by atoms with E-state index in [0.717, 1.165) is 51.4 Å². The van der Waals surface area contributed by atoms with E-state index in [1.54, 1.807) is 0 Å². The molecule has 0 aromatic rings. The number of aliphatic hydroxyl groups excluding tert-OH is 1. The molecule has 132 valence electrons. The summed E-state index contributed by atoms with van der Waals surface area (Å²) < 4.78 is 0. The maximum absolute atomic E-state index is 10.4. The third-order valence-electron chi connectivity index (χ3n) is 4.28. The van der Waals surface area contributed by atoms with Crippen LogP contribution in [-0.2, 0) is 4.79 Å². The highest BCUT2D eigenvalue weighted by molar-refractivity contribution is 5.66. The van der Waals surface area contributed by atoms with E-state index in [0.29, 0.717) is 0 Å². The Morgan fingerprint density at radius 2 is 1.36 bits per heavy atom. The molecule has 0 spiro atoms. The summed E-state index contributed by atoms with van der Waals surface area (Å²) in [7, 11) is 0. The Hall–Kier alpha value is -0.610. The van der Waals surface area contributed by atoms with Gasteiger partial charge < -0.3 is 15.9 Å². The number of carboxylic acids is 1. The summed E-state index contributed by atoms with van der Waals surface area (Å²) in [6.07, 6.45) is 13.9. The van der Waals surface area contributed by atoms with Gasteiger partial charge in [0.2, 0.25) is 0 Å². The molecular weight excluding hydrogens is 278 g/mol. The smallest absolute Gasteiger partial charge is 0.303 e. The normalized spacial score (nSPS) is 14.0. The number of aliphatic hydroxyl groups is 1. The van der Waals surface area contributed by atoms with E-state index in [1.807, 2.05) is 0 Å². The molecule has 2 unspecified atom stereocenters. The monoisotopic (exact) mass is 315 g/mol. The van der Waals surface area contributed by atoms with Gasteiger partial charge in [-0.1, -0.05) is 71.1 Å². The number of carbonyl (C=O) groups is 1. The second kappa shape index (κ2) is 15.3. The van der Waals surface area contributed by atoms with Gasteiger partial charge in [-0.25, -0.2) is 0 Å². The summed E-state index contributed by atoms with van der Waals surface area (Å²) in [5.41, 5.74) is 6.04. The van der Waals surface area contributed by atoms with Gasteiger partial charge in [-0.2, -0.15) is 0 Å². The minimum atomic E-state index is -0.712. The third-order valence-corrected chi connectivity index (χ3v) is 4.28. The van der Waals surface area contributed by atoms with Crippen molar-refractivity contribution < 1.29 is 15.0 Å². The molecule has 22 heavy (non-hydrogen) atoms. The Kier molecular flexibility index (Phi) is 14.9. The maximum atomic E-state index is 10.4. The van der Waals surface area contributed by atoms with Crippen LogP contribution in [0.15, 0.2) is 0 Å². The van der Waals surface area contributed by atoms with Gasteiger partial charge in [-0.05, 0) is 19.3 Å². The maximum Gasteiger partial charge on any atom is 0.303 e. The fraction of sp³-hybridized carbons (Fsp3) is 0.944. The first kappa shape index (κ1) is 21.4. The largest absolute Gasteiger partial charge is 0.481 e. The molecular formula is C18H37NO3. The minimum Gasteiger partial charge on any atom is -0.481 e. The molecule has 0 aromatic heterocycles. The third kappa shape index (κ3) is 14.3. The van der Waals surface area contributed by atoms with Crippen molar-refractivity contribution in [2.75, 3.05) is 0 Å². The van der Waals surface area contributed by atoms with E-state index in [1.165, 1.54) is 32.1 Å². The van der Waals surface area contributed by atoms with Crippen LogP contribution in [-0.4, -0.2) is 28.3 Å². The van der Waals surface area contributed by atoms with Crippen LogP contribution in [0.4, 0.5) is 0 Å². The van der Waals surface area contributed by atoms with Gasteiger partial charge in [0.15, 0.2) is 0 Å². The average Bonchev–Trinajstić information content (AvgIpc) is 2.49. The lowest BCUT2D eigenvalue weighted by Crippen LogP contribution is -2.34. The number of carboxylic acid groups (broad SMARTS) is 1. The van der Waals surface area contributed by atoms with Crippen molar-refractivity contribution in [2.24, 2.45) is 5.73 Å². The van der Waals surface area contributed by atoms with E-state index >= 15 is 0 Å². The molecule has 4 nitrogen and oxygen atoms in total. The van der Waals surface area contributed by atoms with Crippen LogP contribution >= 0.6 is 0 Å². The minimum absolute atomic E-state index is 0.0850. The van der Waals surface area contributed by atoms with Gasteiger partial charge in [0.1, 0.15) is 0 Å². The first-order valence-electron chi connectivity index (χ1n) is 9.23. The zero-order valence-electron chi connectivity index (χ0n) is 14.4. The standard InChI is InChI=1S/C18H37NO3/c1-2-3-4-5-7-10-13-16(19)17(20)14-11-8-6-9-12-15-18(21)22/h16-17,20H,2-15,19H2,1H3,(H,21,22). The molecule has 4 heteroatoms. The highest BCUT2D eigenvalue weighted by Gasteiger charge is 2.13. The van der Waals surface area contributed by atoms with Crippen molar-refractivity contribution in [3.63, 3.8) is 0 Å². The molecule has 0 aliphatic carbocycles. The van der Waals surface area contributed by atoms with Crippen molar-refractivity contribution in [3.05, 3.63) is 0 Å². The highest BCUT2D eigenvalue weighted by atomic mass is 16.4. The molecule has 4 N–H and O–H groups in total. The van der Waals surface area contributed by atoms with E-state index in [2.05, 4.69) is 6.92 Å². The average molecular weight is 315 g/mol. The van der Waals surface area contributed by atoms with E-state index in [4.69, 9.17) is 10.8 Å². The van der Waals surface area contributed by atoms with Crippen LogP contribution in [0.5, 0.6) is 0 Å². The SMILES string of the molecule is CCCCCCCCC(N)C(O)CCCCCCCC(=O)O. The van der Waals surface area contributed by atoms with E-state index in [9.17, 15) is 9.90 Å². The topological polar surface area (TPSA) is 83.5 Å². The molecule has 0 saturated carbocycles. The zero-order valence-corrected chi connectivity index (χ0v) is 14.4. The quantitative estimate of drug-likeness (QED) is 0.372. The first-order valence-corrected chi connectivity index (χ1v) is 9.23. The van der Waals surface area contributed by atoms with Gasteiger partial charge in [-0.15, -0.1) is 0 Å². The second-order valence-corrected chi connectivity index (χ2v) is 6.49. The molecule has 0 aromatic carbocycles. The van der Waals surface area contributed by atoms with Crippen LogP contribution in [0.25, 0.3) is 0 Å². The molecule has 0 radical (unpaired) electrons. The van der Waals surface area contributed by atoms with Gasteiger partial charge >= 0.3 is 5.97 Å². The Morgan fingerprint density at radius 3 is 1.95 bits per heavy atom. The lowest BCUT2D eigenvalue weighted by molar-refractivity contribution is -0.137. The number of rotatable bonds is 16. The number of hydrogen-bond donors (Lipinski definition) is 3. The summed E-state index contributed by atoms with van der Waals surface area (Å²) in [6, 6.07) is -0.0850. The predicted molar refractivity (Wildman–Crippen MR) is 91.9 cm³/mol. The zero-order chi connectivity index (χ0) is 16.6. The Labute approximate surface area is 136 Å². The molecule has 0 fully saturated rings. The lowest BCUT2D eigenvalue weighted by Gasteiger charge is -2.18. The van der Waals surface area contributed by atoms with Crippen molar-refractivity contribution in [1.29, 1.82) is 0 Å². The molecule has 2 atom stereocenters. The number of unbranched alkanes of at least 4 members (excludes halogenated alkanes) is 9. The van der Waals surface area contributed by atoms with Crippen molar-refractivity contribution in [1.82, 2.24) is 0 Å². The molecule has 0 aliphatic heterocycles. The van der Waals surface area contributed by atoms with Gasteiger partial charge in [0, 0.05) is 12.5 Å². The van der Waals surface area contributed by atoms with Crippen LogP contribution in [0, 0.1) is 0 Å². The van der Waals surface area contributed by atoms with E-state index in [-0.39, 0.29) is 18.6 Å². The van der Waals surface area contributed by atoms with Crippen LogP contribution in [0.3, 0.4) is 0 Å². The lowest BCUT2D eigenvalue weighted by atomic mass is 9.98. The predicted octanol–water partition coefficient (Wildman–Crippen LogP) is 4.24. The Morgan fingerprint density at radius 1 is 0.864 bits per heavy atom. The van der Waals surface area contributed by atoms with Crippen molar-refractivity contribution in [2.45, 2.75) is 109 Å². The fourth-order valence-electron chi connectivity index (χ4n) is 2.73. The summed E-state index contributed by atoms with van der Waals surface area (Å²) in [4.78, 5) is 10.4. The van der Waals surface area contributed by atoms with Crippen LogP contribution in [0.2, 0.25) is 0 Å². The number of aliphatic carboxylic acids is 1. The second-order valence-electron chi connectivity index (χ2n) is 6.49. The van der Waals surface area contributed by atoms with Crippen molar-refractivity contribution in [3.8, 4) is 0 Å². The number of hydrogen-bond acceptors (Lipinski definition) is 3. The van der Waals surface area contributed by atoms with Crippen molar-refractivity contribution >= 4 is 5.97 Å². The molecule has 0 rings (SSSR count). The van der Waals surface area contributed by atoms with Crippen LogP contribution < -0.4 is 5.73 Å². The Bertz CT molecular complexity index is 259. The Balaban J connectivity index is 3.38. The fourth-order valence-corrected chi connectivity index (χ4v) is 2.73. The summed E-state index contributed by atoms with van der Waals surface area (Å²) in [5.74, 6) is -0.712. The number of nitrogens with two attached hydrogens (primary N) is 1. The highest BCUT2D eigenvalue weighted by Crippen LogP contribution is 2.14. The van der Waals surface area contributed by atoms with Gasteiger partial charge in [0.25, 0.3) is 0 Å². The summed E-state index contributed by atoms with van der Waals surface area (Å²) in [5, 5.41) is 18.6. The molecule has 0 bridgehead atoms. The first-order chi connectivity index (χ1) is 10.6. The molecule has 0 saturated heterocycles. The molecule has 0 heterocycles. The van der Waals surface area contributed by atoms with E-state index < -0.39 is 5.97 Å². The molecule has 0 aliphatic rings.